The highest BCUT2D eigenvalue weighted by Crippen LogP contribution is 2.38. The topological polar surface area (TPSA) is 71.8 Å². The van der Waals surface area contributed by atoms with E-state index < -0.39 is 0 Å². The Kier molecular flexibility index (Phi) is 5.11. The summed E-state index contributed by atoms with van der Waals surface area (Å²) >= 11 is 1.60. The van der Waals surface area contributed by atoms with Crippen molar-refractivity contribution in [3.63, 3.8) is 0 Å². The maximum absolute atomic E-state index is 13.4. The minimum Gasteiger partial charge on any atom is -0.328 e. The van der Waals surface area contributed by atoms with Crippen molar-refractivity contribution in [3.8, 4) is 11.4 Å². The Labute approximate surface area is 190 Å². The van der Waals surface area contributed by atoms with E-state index in [4.69, 9.17) is 10.1 Å². The number of hydrogen-bond donors (Lipinski definition) is 2. The van der Waals surface area contributed by atoms with Crippen molar-refractivity contribution in [2.45, 2.75) is 26.8 Å². The molecule has 0 aliphatic carbocycles. The van der Waals surface area contributed by atoms with Crippen LogP contribution in [0.25, 0.3) is 11.4 Å². The van der Waals surface area contributed by atoms with Crippen LogP contribution in [0.2, 0.25) is 0 Å². The second kappa shape index (κ2) is 8.09. The Bertz CT molecular complexity index is 1320. The van der Waals surface area contributed by atoms with Crippen LogP contribution >= 0.6 is 11.3 Å². The van der Waals surface area contributed by atoms with Crippen LogP contribution < -0.4 is 10.6 Å². The number of allylic oxidation sites excluding steroid dienone is 1. The summed E-state index contributed by atoms with van der Waals surface area (Å²) in [6, 6.07) is 19.4. The molecule has 2 N–H and O–H groups in total. The number of amides is 1. The van der Waals surface area contributed by atoms with Crippen LogP contribution in [0.5, 0.6) is 0 Å². The first kappa shape index (κ1) is 20.2. The number of aromatic nitrogens is 3. The van der Waals surface area contributed by atoms with E-state index in [1.165, 1.54) is 11.1 Å². The molecule has 0 saturated carbocycles. The molecule has 7 heteroatoms. The van der Waals surface area contributed by atoms with Crippen LogP contribution in [0.3, 0.4) is 0 Å². The lowest BCUT2D eigenvalue weighted by molar-refractivity contribution is -0.113. The maximum Gasteiger partial charge on any atom is 0.255 e. The fourth-order valence-electron chi connectivity index (χ4n) is 3.88. The number of aryl methyl sites for hydroxylation is 2. The Morgan fingerprint density at radius 2 is 1.84 bits per heavy atom. The van der Waals surface area contributed by atoms with Crippen LogP contribution in [0.4, 0.5) is 11.6 Å². The molecule has 6 nitrogen and oxygen atoms in total. The quantitative estimate of drug-likeness (QED) is 0.435. The summed E-state index contributed by atoms with van der Waals surface area (Å²) in [6.07, 6.45) is 0. The molecule has 32 heavy (non-hydrogen) atoms. The van der Waals surface area contributed by atoms with Crippen LogP contribution in [0.1, 0.15) is 29.0 Å². The van der Waals surface area contributed by atoms with Crippen LogP contribution in [0.15, 0.2) is 77.3 Å². The largest absolute Gasteiger partial charge is 0.328 e. The van der Waals surface area contributed by atoms with Gasteiger partial charge in [-0.2, -0.15) is 4.98 Å². The van der Waals surface area contributed by atoms with Crippen molar-refractivity contribution in [3.05, 3.63) is 93.3 Å². The summed E-state index contributed by atoms with van der Waals surface area (Å²) in [4.78, 5) is 19.2. The molecule has 1 aliphatic rings. The third-order valence-electron chi connectivity index (χ3n) is 5.71. The van der Waals surface area contributed by atoms with Gasteiger partial charge in [0, 0.05) is 21.8 Å². The van der Waals surface area contributed by atoms with Gasteiger partial charge in [0.1, 0.15) is 6.04 Å². The minimum atomic E-state index is -0.359. The molecule has 1 atom stereocenters. The van der Waals surface area contributed by atoms with E-state index >= 15 is 0 Å². The molecule has 3 heterocycles. The van der Waals surface area contributed by atoms with Crippen molar-refractivity contribution < 1.29 is 4.79 Å². The Morgan fingerprint density at radius 3 is 2.56 bits per heavy atom. The predicted octanol–water partition coefficient (Wildman–Crippen LogP) is 5.55. The molecule has 1 aliphatic heterocycles. The van der Waals surface area contributed by atoms with E-state index in [1.807, 2.05) is 65.5 Å². The third-order valence-corrected chi connectivity index (χ3v) is 6.63. The fourth-order valence-corrected chi connectivity index (χ4v) is 4.70. The molecule has 0 fully saturated rings. The number of thiophene rings is 1. The highest BCUT2D eigenvalue weighted by molar-refractivity contribution is 7.10. The van der Waals surface area contributed by atoms with Gasteiger partial charge in [0.2, 0.25) is 5.95 Å². The smallest absolute Gasteiger partial charge is 0.255 e. The molecule has 0 bridgehead atoms. The summed E-state index contributed by atoms with van der Waals surface area (Å²) in [5, 5.41) is 13.2. The number of anilines is 2. The molecule has 4 aromatic rings. The lowest BCUT2D eigenvalue weighted by Gasteiger charge is -2.27. The summed E-state index contributed by atoms with van der Waals surface area (Å²) < 4.78 is 1.82. The van der Waals surface area contributed by atoms with Crippen molar-refractivity contribution in [2.24, 2.45) is 0 Å². The fraction of sp³-hybridized carbons (Fsp3) is 0.160. The second-order valence-corrected chi connectivity index (χ2v) is 8.88. The molecular formula is C25H23N5OS. The van der Waals surface area contributed by atoms with Gasteiger partial charge in [0.25, 0.3) is 5.91 Å². The van der Waals surface area contributed by atoms with E-state index in [1.54, 1.807) is 11.3 Å². The number of hydrogen-bond acceptors (Lipinski definition) is 5. The number of benzene rings is 2. The normalized spacial score (nSPS) is 15.3. The molecule has 1 unspecified atom stereocenters. The van der Waals surface area contributed by atoms with Crippen molar-refractivity contribution in [1.82, 2.24) is 14.8 Å². The van der Waals surface area contributed by atoms with Gasteiger partial charge in [0.15, 0.2) is 5.82 Å². The van der Waals surface area contributed by atoms with E-state index in [9.17, 15) is 4.79 Å². The average molecular weight is 442 g/mol. The Hall–Kier alpha value is -3.71. The molecule has 2 aromatic heterocycles. The SMILES string of the molecule is CC1=C(C(=O)Nc2ccccc2)C(c2cccs2)n2nc(-c3ccc(C)c(C)c3)nc2N1. The summed E-state index contributed by atoms with van der Waals surface area (Å²) in [5.41, 5.74) is 5.52. The van der Waals surface area contributed by atoms with Gasteiger partial charge >= 0.3 is 0 Å². The summed E-state index contributed by atoms with van der Waals surface area (Å²) in [7, 11) is 0. The predicted molar refractivity (Wildman–Crippen MR) is 129 cm³/mol. The van der Waals surface area contributed by atoms with Crippen LogP contribution in [-0.2, 0) is 4.79 Å². The first-order chi connectivity index (χ1) is 15.5. The number of nitrogens with one attached hydrogen (secondary N) is 2. The van der Waals surface area contributed by atoms with E-state index in [0.717, 1.165) is 21.8 Å². The van der Waals surface area contributed by atoms with Crippen LogP contribution in [-0.4, -0.2) is 20.7 Å². The van der Waals surface area contributed by atoms with Gasteiger partial charge in [-0.3, -0.25) is 4.79 Å². The number of nitrogens with zero attached hydrogens (tertiary/aromatic N) is 3. The van der Waals surface area contributed by atoms with E-state index in [0.29, 0.717) is 17.3 Å². The van der Waals surface area contributed by atoms with Gasteiger partial charge in [-0.1, -0.05) is 36.4 Å². The molecule has 0 radical (unpaired) electrons. The lowest BCUT2D eigenvalue weighted by atomic mass is 10.0. The zero-order valence-electron chi connectivity index (χ0n) is 18.1. The number of carbonyl (C=O) groups is 1. The Morgan fingerprint density at radius 1 is 1.03 bits per heavy atom. The molecule has 5 rings (SSSR count). The van der Waals surface area contributed by atoms with Crippen molar-refractivity contribution in [2.75, 3.05) is 10.6 Å². The van der Waals surface area contributed by atoms with Gasteiger partial charge < -0.3 is 10.6 Å². The number of para-hydroxylation sites is 1. The highest BCUT2D eigenvalue weighted by atomic mass is 32.1. The second-order valence-electron chi connectivity index (χ2n) is 7.90. The average Bonchev–Trinajstić information content (AvgIpc) is 3.45. The number of fused-ring (bicyclic) bond motifs is 1. The summed E-state index contributed by atoms with van der Waals surface area (Å²) in [5.74, 6) is 1.11. The van der Waals surface area contributed by atoms with Gasteiger partial charge in [-0.25, -0.2) is 4.68 Å². The van der Waals surface area contributed by atoms with Gasteiger partial charge in [-0.15, -0.1) is 16.4 Å². The molecule has 2 aromatic carbocycles. The van der Waals surface area contributed by atoms with E-state index in [2.05, 4.69) is 36.6 Å². The maximum atomic E-state index is 13.4. The van der Waals surface area contributed by atoms with Crippen molar-refractivity contribution >= 4 is 28.9 Å². The first-order valence-corrected chi connectivity index (χ1v) is 11.3. The Balaban J connectivity index is 1.58. The van der Waals surface area contributed by atoms with Crippen molar-refractivity contribution in [1.29, 1.82) is 0 Å². The number of rotatable bonds is 4. The zero-order chi connectivity index (χ0) is 22.2. The van der Waals surface area contributed by atoms with Gasteiger partial charge in [-0.05, 0) is 61.5 Å². The zero-order valence-corrected chi connectivity index (χ0v) is 18.9. The standard InChI is InChI=1S/C25H23N5OS/c1-15-11-12-18(14-16(15)2)23-28-25-26-17(3)21(24(31)27-19-8-5-4-6-9-19)22(30(25)29-23)20-10-7-13-32-20/h4-14,22H,1-3H3,(H,27,31)(H,26,28,29). The van der Waals surface area contributed by atoms with E-state index in [-0.39, 0.29) is 11.9 Å². The lowest BCUT2D eigenvalue weighted by Crippen LogP contribution is -2.31. The molecule has 0 spiro atoms. The van der Waals surface area contributed by atoms with Crippen LogP contribution in [0, 0.1) is 13.8 Å². The third kappa shape index (κ3) is 3.61. The monoisotopic (exact) mass is 441 g/mol. The molecular weight excluding hydrogens is 418 g/mol. The number of carbonyl (C=O) groups excluding carboxylic acids is 1. The summed E-state index contributed by atoms with van der Waals surface area (Å²) in [6.45, 7) is 6.08. The minimum absolute atomic E-state index is 0.159. The van der Waals surface area contributed by atoms with Gasteiger partial charge in [0.05, 0.1) is 5.57 Å². The first-order valence-electron chi connectivity index (χ1n) is 10.4. The highest BCUT2D eigenvalue weighted by Gasteiger charge is 2.35. The molecule has 160 valence electrons. The molecule has 1 amide bonds. The molecule has 0 saturated heterocycles.